The maximum atomic E-state index is 14.1. The van der Waals surface area contributed by atoms with Gasteiger partial charge in [-0.3, -0.25) is 14.4 Å². The van der Waals surface area contributed by atoms with Crippen LogP contribution in [0.25, 0.3) is 0 Å². The first-order valence-corrected chi connectivity index (χ1v) is 14.4. The third-order valence-corrected chi connectivity index (χ3v) is 10.5. The quantitative estimate of drug-likeness (QED) is 0.410. The number of rotatable bonds is 9. The number of para-hydroxylation sites is 1. The number of benzene rings is 2. The second-order valence-corrected chi connectivity index (χ2v) is 13.1. The zero-order valence-corrected chi connectivity index (χ0v) is 23.1. The molecule has 2 aromatic carbocycles. The molecule has 3 fully saturated rings. The van der Waals surface area contributed by atoms with Crippen LogP contribution in [0.2, 0.25) is 0 Å². The van der Waals surface area contributed by atoms with Gasteiger partial charge in [-0.15, -0.1) is 11.8 Å². The summed E-state index contributed by atoms with van der Waals surface area (Å²) in [5, 5.41) is 15.4. The van der Waals surface area contributed by atoms with E-state index < -0.39 is 27.4 Å². The van der Waals surface area contributed by atoms with E-state index in [1.54, 1.807) is 16.7 Å². The summed E-state index contributed by atoms with van der Waals surface area (Å²) in [4.78, 5) is 43.7. The van der Waals surface area contributed by atoms with Crippen molar-refractivity contribution in [2.45, 2.75) is 68.4 Å². The van der Waals surface area contributed by atoms with Crippen LogP contribution in [0.1, 0.15) is 50.2 Å². The molecule has 2 bridgehead atoms. The minimum absolute atomic E-state index is 0.0979. The predicted octanol–water partition coefficient (Wildman–Crippen LogP) is 4.52. The van der Waals surface area contributed by atoms with Crippen molar-refractivity contribution < 1.29 is 19.5 Å². The van der Waals surface area contributed by atoms with Crippen LogP contribution in [-0.2, 0) is 14.4 Å². The first-order chi connectivity index (χ1) is 18.2. The maximum absolute atomic E-state index is 14.1. The number of nitrogens with zero attached hydrogens (tertiary/aromatic N) is 1. The lowest BCUT2D eigenvalue weighted by molar-refractivity contribution is -0.139. The molecule has 202 valence electrons. The number of hydrogen-bond donors (Lipinski definition) is 3. The van der Waals surface area contributed by atoms with Crippen LogP contribution in [-0.4, -0.2) is 56.4 Å². The topological polar surface area (TPSA) is 98.7 Å². The summed E-state index contributed by atoms with van der Waals surface area (Å²) in [5.41, 5.74) is 3.47. The second kappa shape index (κ2) is 10.4. The highest BCUT2D eigenvalue weighted by molar-refractivity contribution is 8.02. The fraction of sp³-hybridized carbons (Fsp3) is 0.500. The zero-order chi connectivity index (χ0) is 27.1. The van der Waals surface area contributed by atoms with Gasteiger partial charge in [0, 0.05) is 29.3 Å². The summed E-state index contributed by atoms with van der Waals surface area (Å²) >= 11 is 1.68. The largest absolute Gasteiger partial charge is 0.396 e. The number of nitrogens with one attached hydrogen (secondary N) is 2. The molecular formula is C30H37N3O4S. The number of anilines is 2. The second-order valence-electron chi connectivity index (χ2n) is 11.2. The Labute approximate surface area is 228 Å². The standard InChI is InChI=1S/C30H37N3O4S/c1-19-12-13-20(2)22(18-19)32-27(36)25-30-15-14-29(3,38-30)23(26(35)31-21-10-6-4-7-11-21)24(30)28(37)33(25)16-8-5-9-17-34/h4,6-7,10-13,18,23-25,34H,5,8-9,14-17H2,1-3H3,(H,31,35)(H,32,36)/t23-,24-,25?,29+,30?/m0/s1. The molecule has 3 saturated heterocycles. The number of hydrogen-bond acceptors (Lipinski definition) is 5. The lowest BCUT2D eigenvalue weighted by Crippen LogP contribution is -2.52. The van der Waals surface area contributed by atoms with Crippen LogP contribution in [0.5, 0.6) is 0 Å². The minimum atomic E-state index is -0.657. The van der Waals surface area contributed by atoms with Crippen LogP contribution in [0.15, 0.2) is 48.5 Å². The number of aliphatic hydroxyl groups excluding tert-OH is 1. The third kappa shape index (κ3) is 4.51. The Morgan fingerprint density at radius 3 is 2.53 bits per heavy atom. The Morgan fingerprint density at radius 2 is 1.79 bits per heavy atom. The van der Waals surface area contributed by atoms with Gasteiger partial charge in [-0.1, -0.05) is 30.3 Å². The van der Waals surface area contributed by atoms with E-state index in [0.29, 0.717) is 25.1 Å². The lowest BCUT2D eigenvalue weighted by Gasteiger charge is -2.35. The number of carbonyl (C=O) groups excluding carboxylic acids is 3. The number of likely N-dealkylation sites (tertiary alicyclic amines) is 1. The molecule has 0 radical (unpaired) electrons. The number of aryl methyl sites for hydroxylation is 2. The number of fused-ring (bicyclic) bond motifs is 1. The van der Waals surface area contributed by atoms with E-state index in [9.17, 15) is 19.5 Å². The maximum Gasteiger partial charge on any atom is 0.248 e. The van der Waals surface area contributed by atoms with Gasteiger partial charge < -0.3 is 20.6 Å². The van der Waals surface area contributed by atoms with Gasteiger partial charge in [-0.2, -0.15) is 0 Å². The Bertz CT molecular complexity index is 1240. The lowest BCUT2D eigenvalue weighted by atomic mass is 9.66. The van der Waals surface area contributed by atoms with Crippen molar-refractivity contribution in [1.29, 1.82) is 0 Å². The minimum Gasteiger partial charge on any atom is -0.396 e. The molecule has 3 aliphatic rings. The van der Waals surface area contributed by atoms with Gasteiger partial charge in [0.15, 0.2) is 0 Å². The summed E-state index contributed by atoms with van der Waals surface area (Å²) in [6, 6.07) is 14.6. The van der Waals surface area contributed by atoms with Crippen LogP contribution in [0, 0.1) is 25.7 Å². The molecule has 3 amide bonds. The van der Waals surface area contributed by atoms with Gasteiger partial charge in [-0.25, -0.2) is 0 Å². The molecule has 38 heavy (non-hydrogen) atoms. The normalized spacial score (nSPS) is 29.4. The summed E-state index contributed by atoms with van der Waals surface area (Å²) < 4.78 is -1.07. The van der Waals surface area contributed by atoms with E-state index >= 15 is 0 Å². The number of carbonyl (C=O) groups is 3. The van der Waals surface area contributed by atoms with E-state index in [0.717, 1.165) is 36.1 Å². The smallest absolute Gasteiger partial charge is 0.248 e. The Kier molecular flexibility index (Phi) is 7.31. The predicted molar refractivity (Wildman–Crippen MR) is 151 cm³/mol. The van der Waals surface area contributed by atoms with Crippen molar-refractivity contribution in [3.63, 3.8) is 0 Å². The van der Waals surface area contributed by atoms with Gasteiger partial charge in [0.2, 0.25) is 17.7 Å². The molecule has 8 heteroatoms. The van der Waals surface area contributed by atoms with Gasteiger partial charge in [0.05, 0.1) is 16.6 Å². The third-order valence-electron chi connectivity index (χ3n) is 8.56. The Morgan fingerprint density at radius 1 is 1.03 bits per heavy atom. The molecular weight excluding hydrogens is 498 g/mol. The van der Waals surface area contributed by atoms with Gasteiger partial charge in [-0.05, 0) is 82.2 Å². The summed E-state index contributed by atoms with van der Waals surface area (Å²) in [6.45, 7) is 6.57. The molecule has 3 heterocycles. The van der Waals surface area contributed by atoms with E-state index in [1.807, 2.05) is 62.4 Å². The Balaban J connectivity index is 1.48. The average Bonchev–Trinajstić information content (AvgIpc) is 3.45. The average molecular weight is 536 g/mol. The molecule has 7 nitrogen and oxygen atoms in total. The van der Waals surface area contributed by atoms with Crippen molar-refractivity contribution in [2.75, 3.05) is 23.8 Å². The molecule has 5 rings (SSSR count). The molecule has 2 aromatic rings. The molecule has 2 unspecified atom stereocenters. The molecule has 0 aromatic heterocycles. The fourth-order valence-corrected chi connectivity index (χ4v) is 9.11. The fourth-order valence-electron chi connectivity index (χ4n) is 6.75. The van der Waals surface area contributed by atoms with Gasteiger partial charge in [0.25, 0.3) is 0 Å². The monoisotopic (exact) mass is 535 g/mol. The molecule has 0 aliphatic carbocycles. The number of aliphatic hydroxyl groups is 1. The van der Waals surface area contributed by atoms with Crippen molar-refractivity contribution in [3.8, 4) is 0 Å². The van der Waals surface area contributed by atoms with Crippen molar-refractivity contribution in [2.24, 2.45) is 11.8 Å². The number of amides is 3. The highest BCUT2D eigenvalue weighted by Gasteiger charge is 2.77. The van der Waals surface area contributed by atoms with Crippen molar-refractivity contribution in [1.82, 2.24) is 4.90 Å². The van der Waals surface area contributed by atoms with Crippen LogP contribution in [0.3, 0.4) is 0 Å². The van der Waals surface area contributed by atoms with Gasteiger partial charge >= 0.3 is 0 Å². The number of thioether (sulfide) groups is 1. The van der Waals surface area contributed by atoms with Crippen LogP contribution < -0.4 is 10.6 Å². The van der Waals surface area contributed by atoms with Crippen molar-refractivity contribution in [3.05, 3.63) is 59.7 Å². The zero-order valence-electron chi connectivity index (χ0n) is 22.3. The molecule has 3 aliphatic heterocycles. The van der Waals surface area contributed by atoms with Gasteiger partial charge in [0.1, 0.15) is 6.04 Å². The van der Waals surface area contributed by atoms with E-state index in [2.05, 4.69) is 17.6 Å². The molecule has 1 spiro atoms. The number of unbranched alkanes of at least 4 members (excludes halogenated alkanes) is 2. The van der Waals surface area contributed by atoms with Crippen LogP contribution >= 0.6 is 11.8 Å². The highest BCUT2D eigenvalue weighted by Crippen LogP contribution is 2.71. The van der Waals surface area contributed by atoms with Crippen LogP contribution in [0.4, 0.5) is 11.4 Å². The molecule has 5 atom stereocenters. The van der Waals surface area contributed by atoms with E-state index in [4.69, 9.17) is 0 Å². The molecule has 3 N–H and O–H groups in total. The summed E-state index contributed by atoms with van der Waals surface area (Å²) in [6.07, 6.45) is 3.62. The highest BCUT2D eigenvalue weighted by atomic mass is 32.2. The van der Waals surface area contributed by atoms with E-state index in [-0.39, 0.29) is 24.3 Å². The Hall–Kier alpha value is -2.84. The van der Waals surface area contributed by atoms with Crippen molar-refractivity contribution >= 4 is 40.9 Å². The SMILES string of the molecule is Cc1ccc(C)c(NC(=O)C2N(CCCCCO)C(=O)[C@@H]3[C@@H](C(=O)Nc4ccccc4)[C@@]4(C)CCC23S4)c1. The summed E-state index contributed by atoms with van der Waals surface area (Å²) in [7, 11) is 0. The molecule has 0 saturated carbocycles. The first kappa shape index (κ1) is 26.8. The summed E-state index contributed by atoms with van der Waals surface area (Å²) in [5.74, 6) is -1.51. The first-order valence-electron chi connectivity index (χ1n) is 13.6. The van der Waals surface area contributed by atoms with E-state index in [1.165, 1.54) is 0 Å².